The predicted molar refractivity (Wildman–Crippen MR) is 138 cm³/mol. The van der Waals surface area contributed by atoms with Crippen LogP contribution in [0.5, 0.6) is 0 Å². The van der Waals surface area contributed by atoms with Gasteiger partial charge in [-0.2, -0.15) is 0 Å². The molecule has 0 aliphatic carbocycles. The van der Waals surface area contributed by atoms with E-state index in [4.69, 9.17) is 0 Å². The monoisotopic (exact) mass is 549 g/mol. The van der Waals surface area contributed by atoms with Crippen LogP contribution in [0.1, 0.15) is 44.9 Å². The number of aliphatic imine (C=N–C) groups is 1. The third-order valence-electron chi connectivity index (χ3n) is 7.33. The summed E-state index contributed by atoms with van der Waals surface area (Å²) in [6.07, 6.45) is 8.58. The van der Waals surface area contributed by atoms with E-state index < -0.39 is 0 Å². The molecule has 8 nitrogen and oxygen atoms in total. The molecule has 0 unspecified atom stereocenters. The number of guanidine groups is 1. The quantitative estimate of drug-likeness (QED) is 0.260. The van der Waals surface area contributed by atoms with Crippen LogP contribution in [0.15, 0.2) is 4.99 Å². The van der Waals surface area contributed by atoms with Gasteiger partial charge in [0.25, 0.3) is 0 Å². The highest BCUT2D eigenvalue weighted by Gasteiger charge is 2.39. The van der Waals surface area contributed by atoms with Gasteiger partial charge in [0, 0.05) is 45.3 Å². The second-order valence-corrected chi connectivity index (χ2v) is 9.37. The first-order chi connectivity index (χ1) is 14.5. The molecule has 3 saturated heterocycles. The Kier molecular flexibility index (Phi) is 11.3. The van der Waals surface area contributed by atoms with Gasteiger partial charge in [-0.15, -0.1) is 24.0 Å². The molecule has 180 valence electrons. The highest BCUT2D eigenvalue weighted by Crippen LogP contribution is 2.30. The second-order valence-electron chi connectivity index (χ2n) is 9.37. The lowest BCUT2D eigenvalue weighted by Crippen LogP contribution is -2.62. The molecule has 1 amide bonds. The van der Waals surface area contributed by atoms with Gasteiger partial charge in [-0.25, -0.2) is 0 Å². The molecule has 0 spiro atoms. The number of rotatable bonds is 6. The molecule has 0 atom stereocenters. The van der Waals surface area contributed by atoms with Crippen molar-refractivity contribution in [3.63, 3.8) is 0 Å². The number of piperidine rings is 3. The molecule has 3 aliphatic rings. The first-order valence-electron chi connectivity index (χ1n) is 11.9. The van der Waals surface area contributed by atoms with Crippen LogP contribution >= 0.6 is 24.0 Å². The molecule has 3 fully saturated rings. The van der Waals surface area contributed by atoms with Crippen molar-refractivity contribution >= 4 is 35.8 Å². The number of likely N-dealkylation sites (N-methyl/N-ethyl adjacent to an activating group) is 1. The van der Waals surface area contributed by atoms with Crippen LogP contribution in [-0.2, 0) is 4.79 Å². The molecule has 0 bridgehead atoms. The molecule has 3 rings (SSSR count). The zero-order chi connectivity index (χ0) is 21.4. The molecular weight excluding hydrogens is 505 g/mol. The summed E-state index contributed by atoms with van der Waals surface area (Å²) in [5.74, 6) is 1.02. The minimum Gasteiger partial charge on any atom is -0.358 e. The summed E-state index contributed by atoms with van der Waals surface area (Å²) < 4.78 is 0. The summed E-state index contributed by atoms with van der Waals surface area (Å²) in [5, 5.41) is 10.1. The number of likely N-dealkylation sites (tertiary alicyclic amines) is 3. The first-order valence-corrected chi connectivity index (χ1v) is 11.9. The van der Waals surface area contributed by atoms with Crippen molar-refractivity contribution < 1.29 is 4.79 Å². The number of hydrogen-bond acceptors (Lipinski definition) is 5. The van der Waals surface area contributed by atoms with Crippen molar-refractivity contribution in [3.8, 4) is 0 Å². The molecule has 0 aromatic heterocycles. The van der Waals surface area contributed by atoms with Crippen LogP contribution in [-0.4, -0.2) is 112 Å². The average Bonchev–Trinajstić information content (AvgIpc) is 2.79. The van der Waals surface area contributed by atoms with Crippen molar-refractivity contribution in [3.05, 3.63) is 0 Å². The molecular formula is C22H44IN7O. The van der Waals surface area contributed by atoms with Crippen LogP contribution < -0.4 is 16.0 Å². The van der Waals surface area contributed by atoms with E-state index in [1.807, 2.05) is 7.05 Å². The maximum atomic E-state index is 11.6. The van der Waals surface area contributed by atoms with Gasteiger partial charge in [0.15, 0.2) is 5.96 Å². The Morgan fingerprint density at radius 1 is 1.03 bits per heavy atom. The van der Waals surface area contributed by atoms with Crippen molar-refractivity contribution in [2.24, 2.45) is 4.99 Å². The van der Waals surface area contributed by atoms with Gasteiger partial charge in [0.2, 0.25) is 5.91 Å². The predicted octanol–water partition coefficient (Wildman–Crippen LogP) is 0.930. The number of amides is 1. The number of nitrogens with one attached hydrogen (secondary N) is 3. The number of nitrogens with zero attached hydrogens (tertiary/aromatic N) is 4. The summed E-state index contributed by atoms with van der Waals surface area (Å²) in [4.78, 5) is 23.6. The van der Waals surface area contributed by atoms with E-state index in [2.05, 4.69) is 42.7 Å². The Bertz CT molecular complexity index is 566. The number of halogens is 1. The van der Waals surface area contributed by atoms with E-state index in [-0.39, 0.29) is 35.4 Å². The second kappa shape index (κ2) is 13.2. The van der Waals surface area contributed by atoms with Crippen LogP contribution in [0.25, 0.3) is 0 Å². The van der Waals surface area contributed by atoms with E-state index in [9.17, 15) is 4.79 Å². The molecule has 0 radical (unpaired) electrons. The lowest BCUT2D eigenvalue weighted by molar-refractivity contribution is -0.122. The van der Waals surface area contributed by atoms with Crippen LogP contribution in [0.3, 0.4) is 0 Å². The van der Waals surface area contributed by atoms with Crippen molar-refractivity contribution in [2.75, 3.05) is 73.5 Å². The molecule has 3 aliphatic heterocycles. The number of carbonyl (C=O) groups excluding carboxylic acids is 1. The van der Waals surface area contributed by atoms with Crippen molar-refractivity contribution in [2.45, 2.75) is 56.5 Å². The zero-order valence-electron chi connectivity index (χ0n) is 19.8. The van der Waals surface area contributed by atoms with E-state index in [1.165, 1.54) is 58.3 Å². The minimum atomic E-state index is 0. The Hall–Kier alpha value is -0.650. The molecule has 0 aromatic rings. The average molecular weight is 550 g/mol. The van der Waals surface area contributed by atoms with Gasteiger partial charge in [-0.1, -0.05) is 6.42 Å². The molecule has 3 heterocycles. The standard InChI is InChI=1S/C22H43N7O.HI/c1-23-20(30)17-28-13-7-19(8-14-28)26-21(24-2)25-18-22(9-15-27(3)16-10-22)29-11-5-4-6-12-29;/h19H,4-18H2,1-3H3,(H,23,30)(H2,24,25,26);1H. The molecule has 0 aromatic carbocycles. The fraction of sp³-hybridized carbons (Fsp3) is 0.909. The summed E-state index contributed by atoms with van der Waals surface area (Å²) >= 11 is 0. The number of hydrogen-bond donors (Lipinski definition) is 3. The minimum absolute atomic E-state index is 0. The van der Waals surface area contributed by atoms with Crippen LogP contribution in [0.2, 0.25) is 0 Å². The molecule has 0 saturated carbocycles. The smallest absolute Gasteiger partial charge is 0.233 e. The first kappa shape index (κ1) is 26.6. The zero-order valence-corrected chi connectivity index (χ0v) is 22.1. The number of carbonyl (C=O) groups is 1. The normalized spacial score (nSPS) is 24.3. The summed E-state index contributed by atoms with van der Waals surface area (Å²) in [7, 11) is 5.82. The van der Waals surface area contributed by atoms with Gasteiger partial charge < -0.3 is 20.9 Å². The Labute approximate surface area is 206 Å². The van der Waals surface area contributed by atoms with Gasteiger partial charge >= 0.3 is 0 Å². The summed E-state index contributed by atoms with van der Waals surface area (Å²) in [5.41, 5.74) is 0.251. The third kappa shape index (κ3) is 7.71. The van der Waals surface area contributed by atoms with Gasteiger partial charge in [0.1, 0.15) is 0 Å². The fourth-order valence-corrected chi connectivity index (χ4v) is 5.16. The Balaban J connectivity index is 0.00000341. The van der Waals surface area contributed by atoms with Crippen molar-refractivity contribution in [1.29, 1.82) is 0 Å². The topological polar surface area (TPSA) is 75.2 Å². The van der Waals surface area contributed by atoms with Crippen molar-refractivity contribution in [1.82, 2.24) is 30.7 Å². The SMILES string of the molecule is CN=C(NCC1(N2CCCCC2)CCN(C)CC1)NC1CCN(CC(=O)NC)CC1.I. The molecule has 3 N–H and O–H groups in total. The Morgan fingerprint density at radius 3 is 2.26 bits per heavy atom. The summed E-state index contributed by atoms with van der Waals surface area (Å²) in [6.45, 7) is 8.20. The largest absolute Gasteiger partial charge is 0.358 e. The van der Waals surface area contributed by atoms with Gasteiger partial charge in [0.05, 0.1) is 6.54 Å². The fourth-order valence-electron chi connectivity index (χ4n) is 5.16. The van der Waals surface area contributed by atoms with Crippen LogP contribution in [0, 0.1) is 0 Å². The Morgan fingerprint density at radius 2 is 1.68 bits per heavy atom. The third-order valence-corrected chi connectivity index (χ3v) is 7.33. The van der Waals surface area contributed by atoms with E-state index in [1.54, 1.807) is 7.05 Å². The molecule has 31 heavy (non-hydrogen) atoms. The van der Waals surface area contributed by atoms with Crippen LogP contribution in [0.4, 0.5) is 0 Å². The molecule has 9 heteroatoms. The highest BCUT2D eigenvalue weighted by molar-refractivity contribution is 14.0. The van der Waals surface area contributed by atoms with E-state index in [0.29, 0.717) is 12.6 Å². The van der Waals surface area contributed by atoms with E-state index in [0.717, 1.165) is 38.4 Å². The maximum Gasteiger partial charge on any atom is 0.233 e. The van der Waals surface area contributed by atoms with Gasteiger partial charge in [-0.05, 0) is 71.8 Å². The van der Waals surface area contributed by atoms with Gasteiger partial charge in [-0.3, -0.25) is 19.6 Å². The van der Waals surface area contributed by atoms with E-state index >= 15 is 0 Å². The lowest BCUT2D eigenvalue weighted by atomic mass is 9.84. The summed E-state index contributed by atoms with van der Waals surface area (Å²) in [6, 6.07) is 0.417. The maximum absolute atomic E-state index is 11.6. The lowest BCUT2D eigenvalue weighted by Gasteiger charge is -2.50. The highest BCUT2D eigenvalue weighted by atomic mass is 127.